The van der Waals surface area contributed by atoms with Gasteiger partial charge in [-0.3, -0.25) is 19.2 Å². The summed E-state index contributed by atoms with van der Waals surface area (Å²) in [5.41, 5.74) is 8.36. The van der Waals surface area contributed by atoms with Gasteiger partial charge in [0.25, 0.3) is 5.91 Å². The summed E-state index contributed by atoms with van der Waals surface area (Å²) in [6, 6.07) is 0.539. The third kappa shape index (κ3) is 3.84. The first-order valence-corrected chi connectivity index (χ1v) is 10.5. The Labute approximate surface area is 171 Å². The zero-order valence-corrected chi connectivity index (χ0v) is 16.5. The highest BCUT2D eigenvalue weighted by molar-refractivity contribution is 7.80. The number of urea groups is 1. The molecule has 14 heteroatoms. The minimum Gasteiger partial charge on any atom is -0.380 e. The average molecular weight is 443 g/mol. The van der Waals surface area contributed by atoms with Gasteiger partial charge in [-0.05, 0) is 18.1 Å². The zero-order valence-electron chi connectivity index (χ0n) is 15.7. The fourth-order valence-electron chi connectivity index (χ4n) is 3.99. The summed E-state index contributed by atoms with van der Waals surface area (Å²) in [5.74, 6) is -0.583. The average Bonchev–Trinajstić information content (AvgIpc) is 2.93. The molecule has 4 rings (SSSR count). The summed E-state index contributed by atoms with van der Waals surface area (Å²) in [5, 5.41) is 0.601. The minimum absolute atomic E-state index is 0.0209. The molecular formula is C16H21N5O8S. The van der Waals surface area contributed by atoms with Crippen molar-refractivity contribution >= 4 is 22.3 Å². The van der Waals surface area contributed by atoms with Crippen LogP contribution < -0.4 is 11.2 Å². The van der Waals surface area contributed by atoms with Gasteiger partial charge in [0, 0.05) is 24.4 Å². The van der Waals surface area contributed by atoms with Gasteiger partial charge in [-0.2, -0.15) is 13.5 Å². The minimum atomic E-state index is -4.91. The van der Waals surface area contributed by atoms with E-state index in [-0.39, 0.29) is 32.8 Å². The summed E-state index contributed by atoms with van der Waals surface area (Å²) >= 11 is 0. The number of aromatic nitrogens is 1. The van der Waals surface area contributed by atoms with E-state index < -0.39 is 45.9 Å². The highest BCUT2D eigenvalue weighted by atomic mass is 32.3. The first-order valence-electron chi connectivity index (χ1n) is 9.12. The number of nitrogens with zero attached hydrogens (tertiary/aromatic N) is 3. The van der Waals surface area contributed by atoms with E-state index >= 15 is 0 Å². The Hall–Kier alpha value is -2.36. The Kier molecular flexibility index (Phi) is 5.37. The van der Waals surface area contributed by atoms with Crippen LogP contribution >= 0.6 is 0 Å². The van der Waals surface area contributed by atoms with Crippen molar-refractivity contribution in [2.45, 2.75) is 24.5 Å². The summed E-state index contributed by atoms with van der Waals surface area (Å²) in [4.78, 5) is 35.7. The molecule has 4 heterocycles. The molecule has 1 spiro atoms. The topological polar surface area (TPSA) is 174 Å². The number of pyridine rings is 1. The SMILES string of the molecule is NC(CONC(=O)[C@@H]1CC2(COC2)[C@H]2CN1C(=O)N2OS(=O)(=O)O)c1cccnc1. The molecular weight excluding hydrogens is 422 g/mol. The first-order chi connectivity index (χ1) is 14.2. The van der Waals surface area contributed by atoms with Gasteiger partial charge in [-0.25, -0.2) is 10.3 Å². The zero-order chi connectivity index (χ0) is 21.5. The second kappa shape index (κ2) is 7.72. The van der Waals surface area contributed by atoms with Crippen LogP contribution in [0, 0.1) is 5.41 Å². The smallest absolute Gasteiger partial charge is 0.380 e. The predicted molar refractivity (Wildman–Crippen MR) is 97.3 cm³/mol. The maximum atomic E-state index is 12.7. The van der Waals surface area contributed by atoms with Crippen molar-refractivity contribution in [2.75, 3.05) is 26.4 Å². The Bertz CT molecular complexity index is 925. The molecule has 0 saturated carbocycles. The van der Waals surface area contributed by atoms with Crippen molar-refractivity contribution in [1.29, 1.82) is 0 Å². The molecule has 1 aromatic rings. The fraction of sp³-hybridized carbons (Fsp3) is 0.562. The molecule has 3 aliphatic heterocycles. The Balaban J connectivity index is 1.42. The van der Waals surface area contributed by atoms with Crippen molar-refractivity contribution in [3.8, 4) is 0 Å². The van der Waals surface area contributed by atoms with Gasteiger partial charge in [0.15, 0.2) is 0 Å². The number of nitrogens with one attached hydrogen (secondary N) is 1. The molecule has 3 aliphatic rings. The van der Waals surface area contributed by atoms with Crippen molar-refractivity contribution in [2.24, 2.45) is 11.1 Å². The van der Waals surface area contributed by atoms with Gasteiger partial charge in [0.05, 0.1) is 31.9 Å². The Morgan fingerprint density at radius 2 is 2.27 bits per heavy atom. The van der Waals surface area contributed by atoms with E-state index in [0.717, 1.165) is 5.56 Å². The molecule has 30 heavy (non-hydrogen) atoms. The monoisotopic (exact) mass is 443 g/mol. The molecule has 13 nitrogen and oxygen atoms in total. The number of hydrogen-bond acceptors (Lipinski definition) is 9. The molecule has 164 valence electrons. The van der Waals surface area contributed by atoms with Crippen molar-refractivity contribution < 1.29 is 36.4 Å². The number of nitrogens with two attached hydrogens (primary N) is 1. The third-order valence-corrected chi connectivity index (χ3v) is 5.92. The molecule has 0 aromatic carbocycles. The number of carbonyl (C=O) groups is 2. The highest BCUT2D eigenvalue weighted by Crippen LogP contribution is 2.47. The number of ether oxygens (including phenoxy) is 1. The summed E-state index contributed by atoms with van der Waals surface area (Å²) in [6.45, 7) is 0.471. The van der Waals surface area contributed by atoms with E-state index in [1.54, 1.807) is 24.5 Å². The number of hydroxylamine groups is 3. The predicted octanol–water partition coefficient (Wildman–Crippen LogP) is -1.24. The van der Waals surface area contributed by atoms with Crippen LogP contribution in [0.2, 0.25) is 0 Å². The van der Waals surface area contributed by atoms with E-state index in [4.69, 9.17) is 19.9 Å². The largest absolute Gasteiger partial charge is 0.418 e. The number of piperidine rings is 1. The third-order valence-electron chi connectivity index (χ3n) is 5.57. The number of amides is 3. The van der Waals surface area contributed by atoms with Crippen LogP contribution in [-0.4, -0.2) is 78.3 Å². The number of rotatable bonds is 7. The van der Waals surface area contributed by atoms with Gasteiger partial charge < -0.3 is 15.4 Å². The number of hydrogen-bond donors (Lipinski definition) is 3. The van der Waals surface area contributed by atoms with Gasteiger partial charge in [0.2, 0.25) is 0 Å². The lowest BCUT2D eigenvalue weighted by Crippen LogP contribution is -2.63. The van der Waals surface area contributed by atoms with Gasteiger partial charge in [-0.1, -0.05) is 6.07 Å². The van der Waals surface area contributed by atoms with Crippen molar-refractivity contribution in [3.63, 3.8) is 0 Å². The van der Waals surface area contributed by atoms with Crippen molar-refractivity contribution in [1.82, 2.24) is 20.4 Å². The van der Waals surface area contributed by atoms with Crippen LogP contribution in [0.25, 0.3) is 0 Å². The van der Waals surface area contributed by atoms with Gasteiger partial charge in [0.1, 0.15) is 6.04 Å². The van der Waals surface area contributed by atoms with Gasteiger partial charge >= 0.3 is 16.4 Å². The molecule has 3 atom stereocenters. The lowest BCUT2D eigenvalue weighted by molar-refractivity contribution is -0.194. The second-order valence-corrected chi connectivity index (χ2v) is 8.53. The lowest BCUT2D eigenvalue weighted by Gasteiger charge is -2.50. The number of fused-ring (bicyclic) bond motifs is 3. The molecule has 2 bridgehead atoms. The van der Waals surface area contributed by atoms with E-state index in [1.165, 1.54) is 4.90 Å². The van der Waals surface area contributed by atoms with E-state index in [0.29, 0.717) is 5.06 Å². The molecule has 0 aliphatic carbocycles. The van der Waals surface area contributed by atoms with Crippen LogP contribution in [0.4, 0.5) is 4.79 Å². The summed E-state index contributed by atoms with van der Waals surface area (Å²) in [7, 11) is -4.91. The molecule has 3 saturated heterocycles. The lowest BCUT2D eigenvalue weighted by atomic mass is 9.71. The van der Waals surface area contributed by atoms with Crippen LogP contribution in [0.1, 0.15) is 18.0 Å². The van der Waals surface area contributed by atoms with Crippen LogP contribution in [0.15, 0.2) is 24.5 Å². The van der Waals surface area contributed by atoms with E-state index in [1.807, 2.05) is 0 Å². The van der Waals surface area contributed by atoms with E-state index in [2.05, 4.69) is 14.7 Å². The second-order valence-electron chi connectivity index (χ2n) is 7.52. The van der Waals surface area contributed by atoms with Crippen molar-refractivity contribution in [3.05, 3.63) is 30.1 Å². The summed E-state index contributed by atoms with van der Waals surface area (Å²) in [6.07, 6.45) is 3.42. The molecule has 3 fully saturated rings. The fourth-order valence-corrected chi connectivity index (χ4v) is 4.36. The van der Waals surface area contributed by atoms with Gasteiger partial charge in [-0.15, -0.1) is 4.28 Å². The normalized spacial score (nSPS) is 25.9. The Morgan fingerprint density at radius 3 is 2.87 bits per heavy atom. The maximum Gasteiger partial charge on any atom is 0.418 e. The van der Waals surface area contributed by atoms with Crippen LogP contribution in [-0.2, 0) is 29.1 Å². The molecule has 3 amide bonds. The Morgan fingerprint density at radius 1 is 1.50 bits per heavy atom. The standard InChI is InChI=1S/C16H21N5O8S/c17-11(10-2-1-3-18-5-10)7-28-19-14(22)12-4-16(8-27-9-16)13-6-20(12)15(23)21(13)29-30(24,25)26/h1-3,5,11-13H,4,6-9,17H2,(H,19,22)(H,24,25,26)/t11?,12-,13+/m0/s1. The highest BCUT2D eigenvalue weighted by Gasteiger charge is 2.63. The molecule has 1 aromatic heterocycles. The van der Waals surface area contributed by atoms with E-state index in [9.17, 15) is 18.0 Å². The molecule has 0 radical (unpaired) electrons. The first kappa shape index (κ1) is 20.9. The number of carbonyl (C=O) groups excluding carboxylic acids is 2. The quantitative estimate of drug-likeness (QED) is 0.341. The van der Waals surface area contributed by atoms with Crippen LogP contribution in [0.5, 0.6) is 0 Å². The summed E-state index contributed by atoms with van der Waals surface area (Å²) < 4.78 is 41.0. The van der Waals surface area contributed by atoms with Crippen LogP contribution in [0.3, 0.4) is 0 Å². The molecule has 1 unspecified atom stereocenters. The maximum absolute atomic E-state index is 12.7. The molecule has 4 N–H and O–H groups in total.